The third-order valence-electron chi connectivity index (χ3n) is 2.89. The molecular formula is C10H22N4O. The van der Waals surface area contributed by atoms with Crippen LogP contribution in [0.3, 0.4) is 0 Å². The van der Waals surface area contributed by atoms with Crippen molar-refractivity contribution >= 4 is 6.03 Å². The largest absolute Gasteiger partial charge is 0.341 e. The van der Waals surface area contributed by atoms with Crippen LogP contribution in [-0.2, 0) is 0 Å². The maximum absolute atomic E-state index is 11.3. The minimum absolute atomic E-state index is 0.0614. The van der Waals surface area contributed by atoms with Crippen LogP contribution in [0.1, 0.15) is 27.2 Å². The number of rotatable bonds is 2. The van der Waals surface area contributed by atoms with Crippen molar-refractivity contribution in [1.82, 2.24) is 20.9 Å². The number of carbonyl (C=O) groups is 1. The zero-order valence-electron chi connectivity index (χ0n) is 10.0. The molecule has 1 heterocycles. The van der Waals surface area contributed by atoms with Crippen molar-refractivity contribution in [3.05, 3.63) is 0 Å². The Morgan fingerprint density at radius 1 is 1.53 bits per heavy atom. The highest BCUT2D eigenvalue weighted by Crippen LogP contribution is 2.14. The van der Waals surface area contributed by atoms with E-state index in [9.17, 15) is 4.79 Å². The molecule has 1 aliphatic rings. The van der Waals surface area contributed by atoms with E-state index in [1.54, 1.807) is 7.05 Å². The zero-order chi connectivity index (χ0) is 11.4. The van der Waals surface area contributed by atoms with Gasteiger partial charge in [-0.15, -0.1) is 0 Å². The number of carbonyl (C=O) groups excluding carboxylic acids is 1. The average molecular weight is 214 g/mol. The Balaban J connectivity index is 2.61. The fraction of sp³-hybridized carbons (Fsp3) is 0.900. The van der Waals surface area contributed by atoms with Crippen molar-refractivity contribution in [3.63, 3.8) is 0 Å². The third-order valence-corrected chi connectivity index (χ3v) is 2.89. The Morgan fingerprint density at radius 3 is 2.73 bits per heavy atom. The molecule has 0 aromatic heterocycles. The topological polar surface area (TPSA) is 56.4 Å². The monoisotopic (exact) mass is 214 g/mol. The Kier molecular flexibility index (Phi) is 4.35. The highest BCUT2D eigenvalue weighted by molar-refractivity contribution is 5.73. The van der Waals surface area contributed by atoms with Crippen molar-refractivity contribution in [3.8, 4) is 0 Å². The summed E-state index contributed by atoms with van der Waals surface area (Å²) in [6, 6.07) is 0.783. The van der Waals surface area contributed by atoms with E-state index in [0.717, 1.165) is 13.0 Å². The van der Waals surface area contributed by atoms with Crippen molar-refractivity contribution in [2.45, 2.75) is 45.6 Å². The summed E-state index contributed by atoms with van der Waals surface area (Å²) in [6.07, 6.45) is 1.05. The number of amides is 2. The summed E-state index contributed by atoms with van der Waals surface area (Å²) in [5.74, 6) is 0. The van der Waals surface area contributed by atoms with E-state index in [1.807, 2.05) is 0 Å². The highest BCUT2D eigenvalue weighted by atomic mass is 16.2. The van der Waals surface area contributed by atoms with E-state index in [2.05, 4.69) is 41.6 Å². The first-order valence-corrected chi connectivity index (χ1v) is 5.58. The number of nitrogens with one attached hydrogen (secondary N) is 3. The van der Waals surface area contributed by atoms with E-state index < -0.39 is 0 Å². The van der Waals surface area contributed by atoms with Gasteiger partial charge < -0.3 is 10.6 Å². The van der Waals surface area contributed by atoms with Crippen LogP contribution in [0, 0.1) is 0 Å². The lowest BCUT2D eigenvalue weighted by atomic mass is 10.1. The van der Waals surface area contributed by atoms with Crippen LogP contribution < -0.4 is 16.0 Å². The predicted molar refractivity (Wildman–Crippen MR) is 60.4 cm³/mol. The molecule has 5 heteroatoms. The first kappa shape index (κ1) is 12.3. The van der Waals surface area contributed by atoms with E-state index in [4.69, 9.17) is 0 Å². The molecule has 0 aromatic rings. The Labute approximate surface area is 91.6 Å². The van der Waals surface area contributed by atoms with E-state index in [1.165, 1.54) is 0 Å². The quantitative estimate of drug-likeness (QED) is 0.619. The fourth-order valence-electron chi connectivity index (χ4n) is 2.15. The molecule has 0 saturated carbocycles. The first-order valence-electron chi connectivity index (χ1n) is 5.58. The van der Waals surface area contributed by atoms with Crippen LogP contribution in [0.25, 0.3) is 0 Å². The zero-order valence-corrected chi connectivity index (χ0v) is 10.0. The summed E-state index contributed by atoms with van der Waals surface area (Å²) >= 11 is 0. The van der Waals surface area contributed by atoms with Crippen molar-refractivity contribution in [2.24, 2.45) is 0 Å². The Bertz CT molecular complexity index is 221. The maximum Gasteiger partial charge on any atom is 0.316 e. The van der Waals surface area contributed by atoms with Gasteiger partial charge in [0.1, 0.15) is 6.29 Å². The van der Waals surface area contributed by atoms with E-state index in [0.29, 0.717) is 12.1 Å². The van der Waals surface area contributed by atoms with Gasteiger partial charge in [0.25, 0.3) is 0 Å². The van der Waals surface area contributed by atoms with Gasteiger partial charge in [0.2, 0.25) is 0 Å². The lowest BCUT2D eigenvalue weighted by Crippen LogP contribution is -2.66. The summed E-state index contributed by atoms with van der Waals surface area (Å²) in [6.45, 7) is 7.36. The number of hydrogen-bond acceptors (Lipinski definition) is 3. The first-order chi connectivity index (χ1) is 7.08. The molecule has 0 radical (unpaired) electrons. The van der Waals surface area contributed by atoms with Gasteiger partial charge in [0.15, 0.2) is 0 Å². The van der Waals surface area contributed by atoms with E-state index in [-0.39, 0.29) is 12.3 Å². The van der Waals surface area contributed by atoms with Crippen molar-refractivity contribution < 1.29 is 4.79 Å². The molecule has 0 aliphatic carbocycles. The van der Waals surface area contributed by atoms with E-state index >= 15 is 0 Å². The molecule has 88 valence electrons. The van der Waals surface area contributed by atoms with Gasteiger partial charge in [-0.2, -0.15) is 0 Å². The molecule has 1 aliphatic heterocycles. The lowest BCUT2D eigenvalue weighted by Gasteiger charge is -2.43. The van der Waals surface area contributed by atoms with Crippen LogP contribution in [0.4, 0.5) is 4.79 Å². The molecule has 5 nitrogen and oxygen atoms in total. The maximum atomic E-state index is 11.3. The van der Waals surface area contributed by atoms with Gasteiger partial charge in [-0.25, -0.2) is 4.79 Å². The van der Waals surface area contributed by atoms with Gasteiger partial charge in [0.05, 0.1) is 0 Å². The molecule has 3 atom stereocenters. The minimum atomic E-state index is -0.146. The summed E-state index contributed by atoms with van der Waals surface area (Å²) in [4.78, 5) is 13.5. The normalized spacial score (nSPS) is 32.4. The Hall–Kier alpha value is -0.810. The minimum Gasteiger partial charge on any atom is -0.341 e. The fourth-order valence-corrected chi connectivity index (χ4v) is 2.15. The molecule has 0 spiro atoms. The highest BCUT2D eigenvalue weighted by Gasteiger charge is 2.30. The molecule has 1 fully saturated rings. The van der Waals surface area contributed by atoms with Crippen LogP contribution >= 0.6 is 0 Å². The molecule has 0 bridgehead atoms. The summed E-state index contributed by atoms with van der Waals surface area (Å²) in [7, 11) is 1.63. The molecule has 3 unspecified atom stereocenters. The summed E-state index contributed by atoms with van der Waals surface area (Å²) in [5, 5.41) is 8.83. The van der Waals surface area contributed by atoms with Crippen LogP contribution in [-0.4, -0.2) is 42.9 Å². The molecule has 0 aromatic carbocycles. The molecule has 2 amide bonds. The predicted octanol–water partition coefficient (Wildman–Crippen LogP) is 0.291. The van der Waals surface area contributed by atoms with Crippen LogP contribution in [0.15, 0.2) is 0 Å². The van der Waals surface area contributed by atoms with Gasteiger partial charge in [-0.3, -0.25) is 10.2 Å². The third kappa shape index (κ3) is 3.07. The van der Waals surface area contributed by atoms with Crippen molar-refractivity contribution in [1.29, 1.82) is 0 Å². The van der Waals surface area contributed by atoms with Gasteiger partial charge in [-0.1, -0.05) is 6.92 Å². The second-order valence-electron chi connectivity index (χ2n) is 4.11. The molecule has 15 heavy (non-hydrogen) atoms. The smallest absolute Gasteiger partial charge is 0.316 e. The van der Waals surface area contributed by atoms with Gasteiger partial charge >= 0.3 is 6.03 Å². The standard InChI is InChI=1S/C10H22N4O/c1-5-14-8(3)6-7(2)12-9(14)13-10(15)11-4/h7-9,12H,5-6H2,1-4H3,(H2,11,13,15). The van der Waals surface area contributed by atoms with Gasteiger partial charge in [0, 0.05) is 19.1 Å². The molecule has 1 rings (SSSR count). The summed E-state index contributed by atoms with van der Waals surface area (Å²) < 4.78 is 0. The number of hydrogen-bond donors (Lipinski definition) is 3. The number of urea groups is 1. The average Bonchev–Trinajstić information content (AvgIpc) is 2.17. The number of nitrogens with zero attached hydrogens (tertiary/aromatic N) is 1. The molecule has 1 saturated heterocycles. The second kappa shape index (κ2) is 5.32. The van der Waals surface area contributed by atoms with Crippen LogP contribution in [0.5, 0.6) is 0 Å². The second-order valence-corrected chi connectivity index (χ2v) is 4.11. The van der Waals surface area contributed by atoms with Crippen LogP contribution in [0.2, 0.25) is 0 Å². The Morgan fingerprint density at radius 2 is 2.20 bits per heavy atom. The molecule has 3 N–H and O–H groups in total. The summed E-state index contributed by atoms with van der Waals surface area (Å²) in [5.41, 5.74) is 0. The van der Waals surface area contributed by atoms with Crippen molar-refractivity contribution in [2.75, 3.05) is 13.6 Å². The molecular weight excluding hydrogens is 192 g/mol. The van der Waals surface area contributed by atoms with Gasteiger partial charge in [-0.05, 0) is 26.8 Å². The lowest BCUT2D eigenvalue weighted by molar-refractivity contribution is 0.0495. The SMILES string of the molecule is CCN1C(C)CC(C)NC1NC(=O)NC.